The molecule has 7 heteroatoms. The summed E-state index contributed by atoms with van der Waals surface area (Å²) in [6.45, 7) is 1.83. The van der Waals surface area contributed by atoms with Crippen molar-refractivity contribution in [1.29, 1.82) is 0 Å². The number of nitrogen functional groups attached to an aromatic ring is 1. The van der Waals surface area contributed by atoms with Crippen LogP contribution in [0.5, 0.6) is 5.75 Å². The number of benzene rings is 1. The molecule has 1 unspecified atom stereocenters. The largest absolute Gasteiger partial charge is 0.483 e. The van der Waals surface area contributed by atoms with Crippen LogP contribution in [0.2, 0.25) is 5.02 Å². The second kappa shape index (κ2) is 5.32. The standard InChI is InChI=1S/C11H11ClN4OS/c1-6(9-14-10(13)16-11(18)15-9)17-8-4-2-3-7(12)5-8/h2-6H,1H3,(H3,13,14,15,16,18). The number of ether oxygens (including phenoxy) is 1. The van der Waals surface area contributed by atoms with Crippen LogP contribution in [0, 0.1) is 4.77 Å². The zero-order chi connectivity index (χ0) is 13.1. The lowest BCUT2D eigenvalue weighted by molar-refractivity contribution is 0.216. The number of H-pyrrole nitrogens is 1. The van der Waals surface area contributed by atoms with Crippen LogP contribution in [0.15, 0.2) is 24.3 Å². The minimum Gasteiger partial charge on any atom is -0.483 e. The molecule has 0 bridgehead atoms. The van der Waals surface area contributed by atoms with Gasteiger partial charge in [-0.25, -0.2) is 4.98 Å². The molecular formula is C11H11ClN4OS. The first kappa shape index (κ1) is 12.8. The molecule has 1 heterocycles. The first-order valence-corrected chi connectivity index (χ1v) is 5.99. The quantitative estimate of drug-likeness (QED) is 0.847. The average Bonchev–Trinajstić information content (AvgIpc) is 2.27. The Kier molecular flexibility index (Phi) is 3.78. The summed E-state index contributed by atoms with van der Waals surface area (Å²) in [5.41, 5.74) is 5.56. The number of nitrogens with one attached hydrogen (secondary N) is 1. The van der Waals surface area contributed by atoms with E-state index in [2.05, 4.69) is 15.0 Å². The first-order valence-electron chi connectivity index (χ1n) is 5.20. The lowest BCUT2D eigenvalue weighted by atomic mass is 10.3. The van der Waals surface area contributed by atoms with E-state index in [0.29, 0.717) is 16.6 Å². The van der Waals surface area contributed by atoms with E-state index in [4.69, 9.17) is 34.3 Å². The van der Waals surface area contributed by atoms with Crippen molar-refractivity contribution in [2.75, 3.05) is 5.73 Å². The van der Waals surface area contributed by atoms with Crippen LogP contribution >= 0.6 is 23.8 Å². The highest BCUT2D eigenvalue weighted by atomic mass is 35.5. The van der Waals surface area contributed by atoms with Gasteiger partial charge in [0.2, 0.25) is 10.7 Å². The summed E-state index contributed by atoms with van der Waals surface area (Å²) in [6, 6.07) is 7.11. The number of hydrogen-bond donors (Lipinski definition) is 2. The molecule has 0 amide bonds. The minimum absolute atomic E-state index is 0.183. The molecule has 0 fully saturated rings. The maximum Gasteiger partial charge on any atom is 0.224 e. The Morgan fingerprint density at radius 1 is 1.44 bits per heavy atom. The number of nitrogens with two attached hydrogens (primary N) is 1. The summed E-state index contributed by atoms with van der Waals surface area (Å²) in [4.78, 5) is 10.7. The average molecular weight is 283 g/mol. The van der Waals surface area contributed by atoms with Gasteiger partial charge in [0.1, 0.15) is 5.75 Å². The Bertz CT molecular complexity index is 616. The number of anilines is 1. The molecule has 1 atom stereocenters. The molecule has 0 radical (unpaired) electrons. The van der Waals surface area contributed by atoms with Crippen LogP contribution in [0.25, 0.3) is 0 Å². The van der Waals surface area contributed by atoms with Crippen LogP contribution < -0.4 is 10.5 Å². The van der Waals surface area contributed by atoms with Gasteiger partial charge in [-0.3, -0.25) is 0 Å². The molecule has 18 heavy (non-hydrogen) atoms. The Morgan fingerprint density at radius 3 is 2.89 bits per heavy atom. The van der Waals surface area contributed by atoms with E-state index < -0.39 is 0 Å². The van der Waals surface area contributed by atoms with E-state index in [9.17, 15) is 0 Å². The van der Waals surface area contributed by atoms with Gasteiger partial charge >= 0.3 is 0 Å². The lowest BCUT2D eigenvalue weighted by Gasteiger charge is -2.14. The predicted molar refractivity (Wildman–Crippen MR) is 72.1 cm³/mol. The van der Waals surface area contributed by atoms with Crippen molar-refractivity contribution in [1.82, 2.24) is 15.0 Å². The molecule has 0 saturated carbocycles. The van der Waals surface area contributed by atoms with Gasteiger partial charge in [0.25, 0.3) is 0 Å². The second-order valence-corrected chi connectivity index (χ2v) is 4.42. The van der Waals surface area contributed by atoms with Crippen molar-refractivity contribution in [3.8, 4) is 5.75 Å². The maximum atomic E-state index is 5.87. The monoisotopic (exact) mass is 282 g/mol. The van der Waals surface area contributed by atoms with Gasteiger partial charge in [-0.15, -0.1) is 0 Å². The zero-order valence-electron chi connectivity index (χ0n) is 9.55. The topological polar surface area (TPSA) is 76.8 Å². The summed E-state index contributed by atoms with van der Waals surface area (Å²) in [5.74, 6) is 1.38. The number of hydrogen-bond acceptors (Lipinski definition) is 5. The van der Waals surface area contributed by atoms with Crippen LogP contribution in [0.4, 0.5) is 5.95 Å². The highest BCUT2D eigenvalue weighted by Gasteiger charge is 2.11. The Balaban J connectivity index is 2.21. The predicted octanol–water partition coefficient (Wildman–Crippen LogP) is 2.91. The molecule has 94 valence electrons. The molecule has 0 aliphatic carbocycles. The summed E-state index contributed by atoms with van der Waals surface area (Å²) < 4.78 is 5.87. The van der Waals surface area contributed by atoms with Gasteiger partial charge in [-0.05, 0) is 37.3 Å². The smallest absolute Gasteiger partial charge is 0.224 e. The van der Waals surface area contributed by atoms with Gasteiger partial charge < -0.3 is 15.5 Å². The molecule has 5 nitrogen and oxygen atoms in total. The van der Waals surface area contributed by atoms with Crippen molar-refractivity contribution >= 4 is 29.8 Å². The molecule has 3 N–H and O–H groups in total. The third-order valence-electron chi connectivity index (χ3n) is 2.18. The summed E-state index contributed by atoms with van der Waals surface area (Å²) in [6.07, 6.45) is -0.338. The number of aromatic amines is 1. The molecule has 1 aromatic carbocycles. The molecule has 0 aliphatic heterocycles. The van der Waals surface area contributed by atoms with Crippen molar-refractivity contribution in [2.45, 2.75) is 13.0 Å². The minimum atomic E-state index is -0.338. The fraction of sp³-hybridized carbons (Fsp3) is 0.182. The molecule has 2 rings (SSSR count). The van der Waals surface area contributed by atoms with Crippen LogP contribution in [0.3, 0.4) is 0 Å². The first-order chi connectivity index (χ1) is 8.54. The zero-order valence-corrected chi connectivity index (χ0v) is 11.1. The highest BCUT2D eigenvalue weighted by molar-refractivity contribution is 7.71. The molecule has 0 spiro atoms. The number of halogens is 1. The van der Waals surface area contributed by atoms with E-state index in [1.807, 2.05) is 13.0 Å². The van der Waals surface area contributed by atoms with E-state index in [1.165, 1.54) is 0 Å². The Hall–Kier alpha value is -1.66. The fourth-order valence-electron chi connectivity index (χ4n) is 1.41. The van der Waals surface area contributed by atoms with Crippen LogP contribution in [0.1, 0.15) is 18.9 Å². The Labute approximate surface area is 114 Å². The maximum absolute atomic E-state index is 5.87. The summed E-state index contributed by atoms with van der Waals surface area (Å²) in [5, 5.41) is 0.606. The van der Waals surface area contributed by atoms with Gasteiger partial charge in [-0.2, -0.15) is 4.98 Å². The highest BCUT2D eigenvalue weighted by Crippen LogP contribution is 2.22. The molecule has 2 aromatic rings. The van der Waals surface area contributed by atoms with Gasteiger partial charge in [0.05, 0.1) is 0 Å². The number of nitrogens with zero attached hydrogens (tertiary/aromatic N) is 2. The van der Waals surface area contributed by atoms with E-state index in [0.717, 1.165) is 0 Å². The number of aromatic nitrogens is 3. The molecular weight excluding hydrogens is 272 g/mol. The SMILES string of the molecule is CC(Oc1cccc(Cl)c1)c1nc(=S)nc(N)[nH]1. The molecule has 1 aromatic heterocycles. The normalized spacial score (nSPS) is 12.1. The van der Waals surface area contributed by atoms with Crippen molar-refractivity contribution in [2.24, 2.45) is 0 Å². The van der Waals surface area contributed by atoms with Gasteiger partial charge in [0, 0.05) is 5.02 Å². The van der Waals surface area contributed by atoms with Gasteiger partial charge in [-0.1, -0.05) is 17.7 Å². The third kappa shape index (κ3) is 3.18. The van der Waals surface area contributed by atoms with Crippen LogP contribution in [-0.2, 0) is 0 Å². The van der Waals surface area contributed by atoms with E-state index in [-0.39, 0.29) is 16.8 Å². The molecule has 0 saturated heterocycles. The third-order valence-corrected chi connectivity index (χ3v) is 2.60. The van der Waals surface area contributed by atoms with Crippen molar-refractivity contribution < 1.29 is 4.74 Å². The number of rotatable bonds is 3. The van der Waals surface area contributed by atoms with Crippen LogP contribution in [-0.4, -0.2) is 15.0 Å². The summed E-state index contributed by atoms with van der Waals surface area (Å²) >= 11 is 10.8. The lowest BCUT2D eigenvalue weighted by Crippen LogP contribution is -2.11. The Morgan fingerprint density at radius 2 is 2.22 bits per heavy atom. The van der Waals surface area contributed by atoms with Crippen molar-refractivity contribution in [3.63, 3.8) is 0 Å². The van der Waals surface area contributed by atoms with Crippen molar-refractivity contribution in [3.05, 3.63) is 39.9 Å². The van der Waals surface area contributed by atoms with E-state index in [1.54, 1.807) is 18.2 Å². The second-order valence-electron chi connectivity index (χ2n) is 3.62. The fourth-order valence-corrected chi connectivity index (χ4v) is 1.79. The van der Waals surface area contributed by atoms with Gasteiger partial charge in [0.15, 0.2) is 11.9 Å². The molecule has 0 aliphatic rings. The van der Waals surface area contributed by atoms with E-state index >= 15 is 0 Å². The summed E-state index contributed by atoms with van der Waals surface area (Å²) in [7, 11) is 0.